The van der Waals surface area contributed by atoms with Crippen molar-refractivity contribution in [1.29, 1.82) is 0 Å². The van der Waals surface area contributed by atoms with Crippen molar-refractivity contribution in [2.24, 2.45) is 5.41 Å². The highest BCUT2D eigenvalue weighted by Crippen LogP contribution is 2.30. The molecule has 1 atom stereocenters. The summed E-state index contributed by atoms with van der Waals surface area (Å²) in [5, 5.41) is 4.50. The van der Waals surface area contributed by atoms with E-state index < -0.39 is 0 Å². The second kappa shape index (κ2) is 7.31. The van der Waals surface area contributed by atoms with E-state index in [1.807, 2.05) is 6.07 Å². The minimum absolute atomic E-state index is 0.374. The lowest BCUT2D eigenvalue weighted by Crippen LogP contribution is -2.24. The van der Waals surface area contributed by atoms with Gasteiger partial charge in [0.25, 0.3) is 0 Å². The number of hydrogen-bond donors (Lipinski definition) is 1. The van der Waals surface area contributed by atoms with E-state index in [1.165, 1.54) is 17.5 Å². The Bertz CT molecular complexity index is 393. The van der Waals surface area contributed by atoms with Gasteiger partial charge in [-0.1, -0.05) is 45.4 Å². The molecule has 1 aromatic rings. The molecule has 0 saturated heterocycles. The first-order valence-corrected chi connectivity index (χ1v) is 7.70. The number of benzene rings is 1. The summed E-state index contributed by atoms with van der Waals surface area (Å²) in [6, 6.07) is 6.63. The molecule has 1 unspecified atom stereocenters. The number of halogens is 1. The number of hydrogen-bond acceptors (Lipinski definition) is 1. The lowest BCUT2D eigenvalue weighted by molar-refractivity contribution is 0.332. The SMILES string of the molecule is CCCNC(CCC(C)(C)C)c1cc(Cl)ccc1C. The van der Waals surface area contributed by atoms with Gasteiger partial charge in [0, 0.05) is 11.1 Å². The van der Waals surface area contributed by atoms with Gasteiger partial charge in [0.1, 0.15) is 0 Å². The summed E-state index contributed by atoms with van der Waals surface area (Å²) < 4.78 is 0. The van der Waals surface area contributed by atoms with Crippen LogP contribution in [0.4, 0.5) is 0 Å². The van der Waals surface area contributed by atoms with Gasteiger partial charge in [-0.05, 0) is 61.4 Å². The molecular weight excluding hydrogens is 254 g/mol. The van der Waals surface area contributed by atoms with Crippen LogP contribution in [0, 0.1) is 12.3 Å². The molecule has 0 heterocycles. The van der Waals surface area contributed by atoms with Crippen molar-refractivity contribution in [3.63, 3.8) is 0 Å². The average molecular weight is 282 g/mol. The summed E-state index contributed by atoms with van der Waals surface area (Å²) in [5.41, 5.74) is 3.05. The Morgan fingerprint density at radius 1 is 1.26 bits per heavy atom. The fourth-order valence-corrected chi connectivity index (χ4v) is 2.43. The van der Waals surface area contributed by atoms with Crippen molar-refractivity contribution in [1.82, 2.24) is 5.32 Å². The molecule has 1 N–H and O–H groups in total. The Kier molecular flexibility index (Phi) is 6.35. The van der Waals surface area contributed by atoms with Crippen molar-refractivity contribution in [2.45, 2.75) is 59.9 Å². The van der Waals surface area contributed by atoms with Crippen LogP contribution in [-0.2, 0) is 0 Å². The topological polar surface area (TPSA) is 12.0 Å². The normalized spacial score (nSPS) is 13.6. The van der Waals surface area contributed by atoms with E-state index in [1.54, 1.807) is 0 Å². The van der Waals surface area contributed by atoms with Crippen LogP contribution in [0.1, 0.15) is 64.1 Å². The Balaban J connectivity index is 2.85. The molecule has 0 bridgehead atoms. The monoisotopic (exact) mass is 281 g/mol. The van der Waals surface area contributed by atoms with E-state index in [-0.39, 0.29) is 0 Å². The highest BCUT2D eigenvalue weighted by molar-refractivity contribution is 6.30. The van der Waals surface area contributed by atoms with Gasteiger partial charge in [0.15, 0.2) is 0 Å². The van der Waals surface area contributed by atoms with Gasteiger partial charge in [-0.25, -0.2) is 0 Å². The van der Waals surface area contributed by atoms with Gasteiger partial charge in [0.05, 0.1) is 0 Å². The molecule has 0 aromatic heterocycles. The predicted molar refractivity (Wildman–Crippen MR) is 85.9 cm³/mol. The van der Waals surface area contributed by atoms with Crippen molar-refractivity contribution in [3.05, 3.63) is 34.3 Å². The van der Waals surface area contributed by atoms with Crippen LogP contribution in [0.2, 0.25) is 5.02 Å². The minimum atomic E-state index is 0.374. The van der Waals surface area contributed by atoms with Crippen LogP contribution in [0.5, 0.6) is 0 Å². The lowest BCUT2D eigenvalue weighted by atomic mass is 9.86. The molecule has 0 spiro atoms. The Morgan fingerprint density at radius 2 is 1.95 bits per heavy atom. The summed E-state index contributed by atoms with van der Waals surface area (Å²) in [6.07, 6.45) is 3.52. The Hall–Kier alpha value is -0.530. The third kappa shape index (κ3) is 5.97. The van der Waals surface area contributed by atoms with E-state index in [2.05, 4.69) is 52.1 Å². The maximum Gasteiger partial charge on any atom is 0.0409 e. The fourth-order valence-electron chi connectivity index (χ4n) is 2.25. The van der Waals surface area contributed by atoms with E-state index in [0.29, 0.717) is 11.5 Å². The summed E-state index contributed by atoms with van der Waals surface area (Å²) >= 11 is 6.16. The first-order valence-electron chi connectivity index (χ1n) is 7.33. The summed E-state index contributed by atoms with van der Waals surface area (Å²) in [4.78, 5) is 0. The Labute approximate surface area is 123 Å². The zero-order chi connectivity index (χ0) is 14.5. The molecule has 108 valence electrons. The highest BCUT2D eigenvalue weighted by atomic mass is 35.5. The third-order valence-corrected chi connectivity index (χ3v) is 3.68. The minimum Gasteiger partial charge on any atom is -0.310 e. The first-order chi connectivity index (χ1) is 8.83. The largest absolute Gasteiger partial charge is 0.310 e. The van der Waals surface area contributed by atoms with Crippen LogP contribution in [0.3, 0.4) is 0 Å². The number of rotatable bonds is 6. The van der Waals surface area contributed by atoms with E-state index in [9.17, 15) is 0 Å². The lowest BCUT2D eigenvalue weighted by Gasteiger charge is -2.25. The van der Waals surface area contributed by atoms with Crippen LogP contribution in [0.15, 0.2) is 18.2 Å². The van der Waals surface area contributed by atoms with Crippen LogP contribution in [0.25, 0.3) is 0 Å². The molecule has 1 aromatic carbocycles. The smallest absolute Gasteiger partial charge is 0.0409 e. The molecule has 0 aliphatic heterocycles. The maximum absolute atomic E-state index is 6.16. The zero-order valence-corrected chi connectivity index (χ0v) is 13.8. The van der Waals surface area contributed by atoms with Crippen LogP contribution in [-0.4, -0.2) is 6.54 Å². The fraction of sp³-hybridized carbons (Fsp3) is 0.647. The van der Waals surface area contributed by atoms with Crippen LogP contribution < -0.4 is 5.32 Å². The number of aryl methyl sites for hydroxylation is 1. The molecule has 2 heteroatoms. The zero-order valence-electron chi connectivity index (χ0n) is 13.0. The average Bonchev–Trinajstić information content (AvgIpc) is 2.32. The van der Waals surface area contributed by atoms with Crippen LogP contribution >= 0.6 is 11.6 Å². The molecule has 1 rings (SSSR count). The molecule has 0 amide bonds. The molecule has 19 heavy (non-hydrogen) atoms. The first kappa shape index (κ1) is 16.5. The predicted octanol–water partition coefficient (Wildman–Crippen LogP) is 5.52. The van der Waals surface area contributed by atoms with Crippen molar-refractivity contribution in [2.75, 3.05) is 6.54 Å². The van der Waals surface area contributed by atoms with Gasteiger partial charge in [-0.15, -0.1) is 0 Å². The molecule has 0 radical (unpaired) electrons. The quantitative estimate of drug-likeness (QED) is 0.724. The summed E-state index contributed by atoms with van der Waals surface area (Å²) in [7, 11) is 0. The number of nitrogens with one attached hydrogen (secondary N) is 1. The molecule has 0 saturated carbocycles. The molecule has 1 nitrogen and oxygen atoms in total. The second-order valence-electron chi connectivity index (χ2n) is 6.61. The van der Waals surface area contributed by atoms with Gasteiger partial charge < -0.3 is 5.32 Å². The third-order valence-electron chi connectivity index (χ3n) is 3.44. The van der Waals surface area contributed by atoms with Gasteiger partial charge >= 0.3 is 0 Å². The maximum atomic E-state index is 6.16. The van der Waals surface area contributed by atoms with Gasteiger partial charge in [0.2, 0.25) is 0 Å². The summed E-state index contributed by atoms with van der Waals surface area (Å²) in [5.74, 6) is 0. The highest BCUT2D eigenvalue weighted by Gasteiger charge is 2.18. The van der Waals surface area contributed by atoms with E-state index in [4.69, 9.17) is 11.6 Å². The molecule has 0 fully saturated rings. The standard InChI is InChI=1S/C17H28ClN/c1-6-11-19-16(9-10-17(3,4)5)15-12-14(18)8-7-13(15)2/h7-8,12,16,19H,6,9-11H2,1-5H3. The van der Waals surface area contributed by atoms with Crippen molar-refractivity contribution >= 4 is 11.6 Å². The van der Waals surface area contributed by atoms with Gasteiger partial charge in [-0.3, -0.25) is 0 Å². The van der Waals surface area contributed by atoms with Crippen molar-refractivity contribution < 1.29 is 0 Å². The Morgan fingerprint density at radius 3 is 2.53 bits per heavy atom. The van der Waals surface area contributed by atoms with E-state index >= 15 is 0 Å². The van der Waals surface area contributed by atoms with Crippen molar-refractivity contribution in [3.8, 4) is 0 Å². The molecular formula is C17H28ClN. The van der Waals surface area contributed by atoms with Gasteiger partial charge in [-0.2, -0.15) is 0 Å². The molecule has 0 aliphatic carbocycles. The summed E-state index contributed by atoms with van der Waals surface area (Å²) in [6.45, 7) is 12.3. The molecule has 0 aliphatic rings. The van der Waals surface area contributed by atoms with E-state index in [0.717, 1.165) is 24.4 Å². The second-order valence-corrected chi connectivity index (χ2v) is 7.04.